The molecule has 0 heterocycles. The van der Waals surface area contributed by atoms with Crippen molar-refractivity contribution in [3.63, 3.8) is 0 Å². The van der Waals surface area contributed by atoms with Crippen LogP contribution < -0.4 is 9.80 Å². The molecule has 0 atom stereocenters. The summed E-state index contributed by atoms with van der Waals surface area (Å²) in [5.74, 6) is 0. The van der Waals surface area contributed by atoms with Gasteiger partial charge in [-0.25, -0.2) is 0 Å². The third-order valence-electron chi connectivity index (χ3n) is 11.0. The van der Waals surface area contributed by atoms with Crippen molar-refractivity contribution in [2.75, 3.05) is 9.80 Å². The molecule has 0 N–H and O–H groups in total. The molecule has 0 unspecified atom stereocenters. The summed E-state index contributed by atoms with van der Waals surface area (Å²) in [5, 5.41) is 7.39. The van der Waals surface area contributed by atoms with E-state index in [0.29, 0.717) is 0 Å². The van der Waals surface area contributed by atoms with Gasteiger partial charge in [0.05, 0.1) is 11.4 Å². The van der Waals surface area contributed by atoms with Gasteiger partial charge in [0, 0.05) is 33.5 Å². The predicted molar refractivity (Wildman–Crippen MR) is 249 cm³/mol. The number of benzene rings is 10. The van der Waals surface area contributed by atoms with Crippen LogP contribution in [0.4, 0.5) is 34.1 Å². The van der Waals surface area contributed by atoms with Gasteiger partial charge in [0.25, 0.3) is 0 Å². The lowest BCUT2D eigenvalue weighted by Crippen LogP contribution is -2.11. The van der Waals surface area contributed by atoms with E-state index in [9.17, 15) is 0 Å². The molecule has 10 aromatic carbocycles. The minimum Gasteiger partial charge on any atom is -0.311 e. The van der Waals surface area contributed by atoms with Gasteiger partial charge in [0.2, 0.25) is 0 Å². The van der Waals surface area contributed by atoms with Crippen molar-refractivity contribution in [1.82, 2.24) is 0 Å². The van der Waals surface area contributed by atoms with E-state index in [-0.39, 0.29) is 0 Å². The highest BCUT2D eigenvalue weighted by Crippen LogP contribution is 2.44. The lowest BCUT2D eigenvalue weighted by Gasteiger charge is -2.29. The van der Waals surface area contributed by atoms with Crippen LogP contribution >= 0.6 is 0 Å². The van der Waals surface area contributed by atoms with Gasteiger partial charge in [0.1, 0.15) is 0 Å². The summed E-state index contributed by atoms with van der Waals surface area (Å²) < 4.78 is 0. The van der Waals surface area contributed by atoms with Crippen LogP contribution in [-0.2, 0) is 0 Å². The first kappa shape index (κ1) is 34.8. The zero-order valence-corrected chi connectivity index (χ0v) is 32.0. The van der Waals surface area contributed by atoms with Crippen molar-refractivity contribution in [3.05, 3.63) is 242 Å². The Balaban J connectivity index is 0.933. The molecule has 0 radical (unpaired) electrons. The molecule has 10 aromatic rings. The van der Waals surface area contributed by atoms with E-state index in [1.54, 1.807) is 0 Å². The molecule has 0 spiro atoms. The summed E-state index contributed by atoms with van der Waals surface area (Å²) in [6.07, 6.45) is 4.39. The Labute approximate surface area is 339 Å². The molecule has 0 fully saturated rings. The van der Waals surface area contributed by atoms with Crippen molar-refractivity contribution in [2.45, 2.75) is 0 Å². The first-order chi connectivity index (χ1) is 28.8. The third kappa shape index (κ3) is 6.78. The average molecular weight is 741 g/mol. The standard InChI is InChI=1S/C56H40N2/c1-3-17-47(18-4-1)57(48-19-5-2-6-20-48)49-38-34-44(35-39-49)43-32-28-41(29-33-43)26-27-42-30-36-50(37-31-42)58(55-25-13-16-45-14-7-10-22-52(45)55)56-40-46-15-8-9-21-51(46)53-23-11-12-24-54(53)56/h1-40H/b27-26+. The van der Waals surface area contributed by atoms with Gasteiger partial charge in [0.15, 0.2) is 0 Å². The number of fused-ring (bicyclic) bond motifs is 4. The SMILES string of the molecule is C(=C\c1ccc(N(c2cccc3ccccc23)c2cc3ccccc3c3ccccc23)cc1)/c1ccc(-c2ccc(N(c3ccccc3)c3ccccc3)cc2)cc1. The van der Waals surface area contributed by atoms with Crippen LogP contribution in [0.2, 0.25) is 0 Å². The number of hydrogen-bond donors (Lipinski definition) is 0. The van der Waals surface area contributed by atoms with Crippen LogP contribution in [0.15, 0.2) is 231 Å². The summed E-state index contributed by atoms with van der Waals surface area (Å²) in [4.78, 5) is 4.72. The average Bonchev–Trinajstić information content (AvgIpc) is 3.30. The molecule has 2 heteroatoms. The van der Waals surface area contributed by atoms with Crippen LogP contribution in [0.1, 0.15) is 11.1 Å². The van der Waals surface area contributed by atoms with Crippen molar-refractivity contribution in [3.8, 4) is 11.1 Å². The molecule has 0 saturated heterocycles. The normalized spacial score (nSPS) is 11.4. The number of rotatable bonds is 9. The lowest BCUT2D eigenvalue weighted by atomic mass is 9.98. The Bertz CT molecular complexity index is 2980. The van der Waals surface area contributed by atoms with Gasteiger partial charge >= 0.3 is 0 Å². The molecule has 0 amide bonds. The van der Waals surface area contributed by atoms with Crippen molar-refractivity contribution >= 4 is 78.6 Å². The van der Waals surface area contributed by atoms with Crippen LogP contribution in [0.25, 0.3) is 55.6 Å². The first-order valence-corrected chi connectivity index (χ1v) is 19.8. The maximum Gasteiger partial charge on any atom is 0.0546 e. The molecule has 2 nitrogen and oxygen atoms in total. The minimum absolute atomic E-state index is 1.11. The molecule has 0 bridgehead atoms. The van der Waals surface area contributed by atoms with Crippen molar-refractivity contribution in [1.29, 1.82) is 0 Å². The predicted octanol–water partition coefficient (Wildman–Crippen LogP) is 15.9. The van der Waals surface area contributed by atoms with E-state index in [0.717, 1.165) is 45.3 Å². The molecular weight excluding hydrogens is 701 g/mol. The maximum absolute atomic E-state index is 2.43. The van der Waals surface area contributed by atoms with Gasteiger partial charge in [-0.3, -0.25) is 0 Å². The van der Waals surface area contributed by atoms with E-state index in [1.165, 1.54) is 43.4 Å². The number of anilines is 6. The number of para-hydroxylation sites is 2. The zero-order valence-electron chi connectivity index (χ0n) is 32.0. The summed E-state index contributed by atoms with van der Waals surface area (Å²) in [6.45, 7) is 0. The number of hydrogen-bond acceptors (Lipinski definition) is 2. The smallest absolute Gasteiger partial charge is 0.0546 e. The van der Waals surface area contributed by atoms with Crippen LogP contribution in [-0.4, -0.2) is 0 Å². The summed E-state index contributed by atoms with van der Waals surface area (Å²) in [7, 11) is 0. The maximum atomic E-state index is 2.43. The van der Waals surface area contributed by atoms with Crippen molar-refractivity contribution in [2.24, 2.45) is 0 Å². The van der Waals surface area contributed by atoms with E-state index in [2.05, 4.69) is 252 Å². The Morgan fingerprint density at radius 3 is 1.33 bits per heavy atom. The highest BCUT2D eigenvalue weighted by molar-refractivity contribution is 6.15. The molecule has 0 aromatic heterocycles. The summed E-state index contributed by atoms with van der Waals surface area (Å²) >= 11 is 0. The summed E-state index contributed by atoms with van der Waals surface area (Å²) in [5.41, 5.74) is 11.5. The Kier molecular flexibility index (Phi) is 9.27. The fourth-order valence-electron chi connectivity index (χ4n) is 8.15. The highest BCUT2D eigenvalue weighted by Gasteiger charge is 2.19. The molecule has 58 heavy (non-hydrogen) atoms. The Morgan fingerprint density at radius 2 is 0.690 bits per heavy atom. The van der Waals surface area contributed by atoms with Crippen LogP contribution in [0, 0.1) is 0 Å². The minimum atomic E-state index is 1.11. The number of nitrogens with zero attached hydrogens (tertiary/aromatic N) is 2. The van der Waals surface area contributed by atoms with Gasteiger partial charge in [-0.2, -0.15) is 0 Å². The van der Waals surface area contributed by atoms with E-state index < -0.39 is 0 Å². The fourth-order valence-corrected chi connectivity index (χ4v) is 8.15. The first-order valence-electron chi connectivity index (χ1n) is 19.8. The molecule has 10 rings (SSSR count). The molecule has 0 aliphatic heterocycles. The Hall–Kier alpha value is -7.68. The molecule has 0 aliphatic rings. The van der Waals surface area contributed by atoms with Gasteiger partial charge < -0.3 is 9.80 Å². The second-order valence-corrected chi connectivity index (χ2v) is 14.6. The topological polar surface area (TPSA) is 6.48 Å². The second kappa shape index (κ2) is 15.5. The quantitative estimate of drug-likeness (QED) is 0.107. The van der Waals surface area contributed by atoms with Gasteiger partial charge in [-0.1, -0.05) is 182 Å². The molecule has 0 saturated carbocycles. The van der Waals surface area contributed by atoms with Crippen LogP contribution in [0.5, 0.6) is 0 Å². The van der Waals surface area contributed by atoms with Crippen molar-refractivity contribution < 1.29 is 0 Å². The van der Waals surface area contributed by atoms with E-state index in [4.69, 9.17) is 0 Å². The largest absolute Gasteiger partial charge is 0.311 e. The van der Waals surface area contributed by atoms with E-state index in [1.807, 2.05) is 0 Å². The van der Waals surface area contributed by atoms with Gasteiger partial charge in [-0.15, -0.1) is 0 Å². The van der Waals surface area contributed by atoms with Crippen LogP contribution in [0.3, 0.4) is 0 Å². The highest BCUT2D eigenvalue weighted by atomic mass is 15.1. The lowest BCUT2D eigenvalue weighted by molar-refractivity contribution is 1.28. The summed E-state index contributed by atoms with van der Waals surface area (Å²) in [6, 6.07) is 82.7. The molecular formula is C56H40N2. The van der Waals surface area contributed by atoms with E-state index >= 15 is 0 Å². The monoisotopic (exact) mass is 740 g/mol. The Morgan fingerprint density at radius 1 is 0.259 bits per heavy atom. The molecule has 274 valence electrons. The van der Waals surface area contributed by atoms with Gasteiger partial charge in [-0.05, 0) is 104 Å². The fraction of sp³-hybridized carbons (Fsp3) is 0. The zero-order chi connectivity index (χ0) is 38.7. The molecule has 0 aliphatic carbocycles. The second-order valence-electron chi connectivity index (χ2n) is 14.6. The third-order valence-corrected chi connectivity index (χ3v) is 11.0.